The number of ketones is 1. The zero-order valence-electron chi connectivity index (χ0n) is 10.2. The summed E-state index contributed by atoms with van der Waals surface area (Å²) in [6.45, 7) is 0. The van der Waals surface area contributed by atoms with Crippen LogP contribution in [0.3, 0.4) is 0 Å². The summed E-state index contributed by atoms with van der Waals surface area (Å²) < 4.78 is 1.03. The zero-order chi connectivity index (χ0) is 13.7. The number of phenolic OH excluding ortho intramolecular Hbond substituents is 1. The highest BCUT2D eigenvalue weighted by Crippen LogP contribution is 2.21. The lowest BCUT2D eigenvalue weighted by molar-refractivity contribution is -0.116. The molecule has 0 unspecified atom stereocenters. The van der Waals surface area contributed by atoms with Crippen molar-refractivity contribution in [1.29, 1.82) is 0 Å². The molecule has 19 heavy (non-hydrogen) atoms. The Kier molecular flexibility index (Phi) is 5.05. The van der Waals surface area contributed by atoms with Gasteiger partial charge in [-0.25, -0.2) is 0 Å². The van der Waals surface area contributed by atoms with Crippen molar-refractivity contribution < 1.29 is 9.90 Å². The standard InChI is InChI=1S/C15H13BrO2S/c16-12-4-6-15(7-5-12)19-10-14(18)9-11-2-1-3-13(17)8-11/h1-8,17H,9-10H2. The molecule has 0 saturated heterocycles. The summed E-state index contributed by atoms with van der Waals surface area (Å²) in [5.41, 5.74) is 0.849. The molecule has 2 rings (SSSR count). The van der Waals surface area contributed by atoms with Crippen molar-refractivity contribution >= 4 is 33.5 Å². The van der Waals surface area contributed by atoms with E-state index in [0.29, 0.717) is 12.2 Å². The summed E-state index contributed by atoms with van der Waals surface area (Å²) in [5, 5.41) is 9.34. The molecule has 0 atom stereocenters. The highest BCUT2D eigenvalue weighted by molar-refractivity contribution is 9.10. The highest BCUT2D eigenvalue weighted by atomic mass is 79.9. The van der Waals surface area contributed by atoms with Crippen LogP contribution in [0.15, 0.2) is 57.9 Å². The monoisotopic (exact) mass is 336 g/mol. The van der Waals surface area contributed by atoms with Crippen LogP contribution >= 0.6 is 27.7 Å². The van der Waals surface area contributed by atoms with Gasteiger partial charge in [-0.3, -0.25) is 4.79 Å². The lowest BCUT2D eigenvalue weighted by Crippen LogP contribution is -2.05. The molecule has 0 radical (unpaired) electrons. The fourth-order valence-electron chi connectivity index (χ4n) is 1.64. The molecule has 0 fully saturated rings. The minimum absolute atomic E-state index is 0.151. The van der Waals surface area contributed by atoms with Gasteiger partial charge in [0.25, 0.3) is 0 Å². The van der Waals surface area contributed by atoms with E-state index < -0.39 is 0 Å². The number of aromatic hydroxyl groups is 1. The van der Waals surface area contributed by atoms with Gasteiger partial charge in [0, 0.05) is 15.8 Å². The number of Topliss-reactive ketones (excluding diaryl/α,β-unsaturated/α-hetero) is 1. The maximum Gasteiger partial charge on any atom is 0.147 e. The van der Waals surface area contributed by atoms with E-state index in [1.54, 1.807) is 18.2 Å². The number of hydrogen-bond acceptors (Lipinski definition) is 3. The first-order valence-electron chi connectivity index (χ1n) is 5.81. The van der Waals surface area contributed by atoms with Gasteiger partial charge in [0.1, 0.15) is 11.5 Å². The Balaban J connectivity index is 1.86. The lowest BCUT2D eigenvalue weighted by Gasteiger charge is -2.03. The minimum Gasteiger partial charge on any atom is -0.508 e. The predicted molar refractivity (Wildman–Crippen MR) is 81.7 cm³/mol. The fourth-order valence-corrected chi connectivity index (χ4v) is 2.66. The van der Waals surface area contributed by atoms with Gasteiger partial charge in [-0.2, -0.15) is 0 Å². The van der Waals surface area contributed by atoms with E-state index in [-0.39, 0.29) is 11.5 Å². The molecule has 0 heterocycles. The van der Waals surface area contributed by atoms with Gasteiger partial charge in [0.05, 0.1) is 5.75 Å². The van der Waals surface area contributed by atoms with Crippen molar-refractivity contribution in [2.45, 2.75) is 11.3 Å². The number of hydrogen-bond donors (Lipinski definition) is 1. The maximum atomic E-state index is 11.9. The van der Waals surface area contributed by atoms with E-state index >= 15 is 0 Å². The van der Waals surface area contributed by atoms with Gasteiger partial charge < -0.3 is 5.11 Å². The number of phenols is 1. The maximum absolute atomic E-state index is 11.9. The highest BCUT2D eigenvalue weighted by Gasteiger charge is 2.05. The van der Waals surface area contributed by atoms with Gasteiger partial charge in [-0.05, 0) is 42.0 Å². The van der Waals surface area contributed by atoms with Crippen LogP contribution in [-0.2, 0) is 11.2 Å². The van der Waals surface area contributed by atoms with Gasteiger partial charge in [0.15, 0.2) is 0 Å². The molecule has 1 N–H and O–H groups in total. The largest absolute Gasteiger partial charge is 0.508 e. The predicted octanol–water partition coefficient (Wildman–Crippen LogP) is 4.06. The smallest absolute Gasteiger partial charge is 0.147 e. The van der Waals surface area contributed by atoms with Gasteiger partial charge in [-0.1, -0.05) is 28.1 Å². The minimum atomic E-state index is 0.151. The van der Waals surface area contributed by atoms with Gasteiger partial charge >= 0.3 is 0 Å². The summed E-state index contributed by atoms with van der Waals surface area (Å²) in [7, 11) is 0. The van der Waals surface area contributed by atoms with E-state index in [9.17, 15) is 9.90 Å². The third kappa shape index (κ3) is 4.73. The Morgan fingerprint density at radius 1 is 1.16 bits per heavy atom. The third-order valence-corrected chi connectivity index (χ3v) is 4.13. The first-order valence-corrected chi connectivity index (χ1v) is 7.59. The summed E-state index contributed by atoms with van der Waals surface area (Å²) in [4.78, 5) is 12.9. The molecule has 0 saturated carbocycles. The average molecular weight is 337 g/mol. The molecule has 4 heteroatoms. The van der Waals surface area contributed by atoms with E-state index in [4.69, 9.17) is 0 Å². The number of thioether (sulfide) groups is 1. The topological polar surface area (TPSA) is 37.3 Å². The molecule has 0 spiro atoms. The van der Waals surface area contributed by atoms with Gasteiger partial charge in [-0.15, -0.1) is 11.8 Å². The van der Waals surface area contributed by atoms with Crippen LogP contribution in [0.1, 0.15) is 5.56 Å². The molecule has 98 valence electrons. The van der Waals surface area contributed by atoms with Crippen LogP contribution in [0, 0.1) is 0 Å². The molecule has 0 aliphatic rings. The summed E-state index contributed by atoms with van der Waals surface area (Å²) in [5.74, 6) is 0.793. The van der Waals surface area contributed by atoms with Gasteiger partial charge in [0.2, 0.25) is 0 Å². The molecular formula is C15H13BrO2S. The van der Waals surface area contributed by atoms with Crippen molar-refractivity contribution in [3.05, 3.63) is 58.6 Å². The molecule has 2 aromatic rings. The Morgan fingerprint density at radius 2 is 1.89 bits per heavy atom. The van der Waals surface area contributed by atoms with Crippen LogP contribution in [-0.4, -0.2) is 16.6 Å². The molecule has 0 aliphatic carbocycles. The zero-order valence-corrected chi connectivity index (χ0v) is 12.6. The van der Waals surface area contributed by atoms with Crippen LogP contribution in [0.2, 0.25) is 0 Å². The second-order valence-electron chi connectivity index (χ2n) is 4.13. The number of benzene rings is 2. The lowest BCUT2D eigenvalue weighted by atomic mass is 10.1. The SMILES string of the molecule is O=C(CSc1ccc(Br)cc1)Cc1cccc(O)c1. The van der Waals surface area contributed by atoms with Crippen LogP contribution in [0.25, 0.3) is 0 Å². The van der Waals surface area contributed by atoms with E-state index in [0.717, 1.165) is 14.9 Å². The normalized spacial score (nSPS) is 10.4. The van der Waals surface area contributed by atoms with E-state index in [1.807, 2.05) is 30.3 Å². The second kappa shape index (κ2) is 6.78. The number of rotatable bonds is 5. The van der Waals surface area contributed by atoms with E-state index in [2.05, 4.69) is 15.9 Å². The Hall–Kier alpha value is -1.26. The second-order valence-corrected chi connectivity index (χ2v) is 6.09. The molecule has 2 aromatic carbocycles. The third-order valence-electron chi connectivity index (χ3n) is 2.53. The van der Waals surface area contributed by atoms with Crippen LogP contribution in [0.5, 0.6) is 5.75 Å². The number of carbonyl (C=O) groups is 1. The molecule has 0 bridgehead atoms. The molecular weight excluding hydrogens is 324 g/mol. The Morgan fingerprint density at radius 3 is 2.58 bits per heavy atom. The first kappa shape index (κ1) is 14.2. The first-order chi connectivity index (χ1) is 9.13. The Bertz CT molecular complexity index is 567. The fraction of sp³-hybridized carbons (Fsp3) is 0.133. The quantitative estimate of drug-likeness (QED) is 0.836. The van der Waals surface area contributed by atoms with E-state index in [1.165, 1.54) is 11.8 Å². The summed E-state index contributed by atoms with van der Waals surface area (Å²) in [6, 6.07) is 14.7. The van der Waals surface area contributed by atoms with Crippen molar-refractivity contribution in [2.75, 3.05) is 5.75 Å². The number of halogens is 1. The Labute approximate surface area is 125 Å². The molecule has 0 aromatic heterocycles. The van der Waals surface area contributed by atoms with Crippen molar-refractivity contribution in [2.24, 2.45) is 0 Å². The van der Waals surface area contributed by atoms with Crippen LogP contribution < -0.4 is 0 Å². The summed E-state index contributed by atoms with van der Waals surface area (Å²) >= 11 is 4.90. The van der Waals surface area contributed by atoms with Crippen molar-refractivity contribution in [3.8, 4) is 5.75 Å². The van der Waals surface area contributed by atoms with Crippen molar-refractivity contribution in [1.82, 2.24) is 0 Å². The summed E-state index contributed by atoms with van der Waals surface area (Å²) in [6.07, 6.45) is 0.359. The molecule has 2 nitrogen and oxygen atoms in total. The molecule has 0 aliphatic heterocycles. The molecule has 0 amide bonds. The average Bonchev–Trinajstić information content (AvgIpc) is 2.38. The van der Waals surface area contributed by atoms with Crippen LogP contribution in [0.4, 0.5) is 0 Å². The van der Waals surface area contributed by atoms with Crippen molar-refractivity contribution in [3.63, 3.8) is 0 Å². The number of carbonyl (C=O) groups excluding carboxylic acids is 1.